The van der Waals surface area contributed by atoms with Gasteiger partial charge in [-0.1, -0.05) is 18.2 Å². The van der Waals surface area contributed by atoms with Gasteiger partial charge in [-0.05, 0) is 41.8 Å². The third-order valence-corrected chi connectivity index (χ3v) is 4.91. The smallest absolute Gasteiger partial charge is 0.418 e. The van der Waals surface area contributed by atoms with Crippen LogP contribution < -0.4 is 5.32 Å². The molecule has 3 rings (SSSR count). The summed E-state index contributed by atoms with van der Waals surface area (Å²) in [6, 6.07) is 6.49. The van der Waals surface area contributed by atoms with Gasteiger partial charge < -0.3 is 10.1 Å². The molecule has 0 saturated heterocycles. The quantitative estimate of drug-likeness (QED) is 0.586. The van der Waals surface area contributed by atoms with E-state index in [4.69, 9.17) is 10.00 Å². The van der Waals surface area contributed by atoms with Crippen molar-refractivity contribution in [3.05, 3.63) is 76.6 Å². The lowest BCUT2D eigenvalue weighted by Crippen LogP contribution is -2.17. The van der Waals surface area contributed by atoms with E-state index in [-0.39, 0.29) is 29.2 Å². The summed E-state index contributed by atoms with van der Waals surface area (Å²) in [4.78, 5) is 27.8. The van der Waals surface area contributed by atoms with E-state index in [9.17, 15) is 27.2 Å². The number of nitrogens with zero attached hydrogens (tertiary/aromatic N) is 2. The lowest BCUT2D eigenvalue weighted by Gasteiger charge is -2.14. The SMILES string of the molecule is CCOC1=CC(c2ccc(CC(=O)Nc3cnc(CC#N)c(C(F)(F)F)c3)c(F)c2)=CCC1=O. The van der Waals surface area contributed by atoms with E-state index in [0.29, 0.717) is 23.8 Å². The van der Waals surface area contributed by atoms with Crippen LogP contribution in [0.2, 0.25) is 0 Å². The highest BCUT2D eigenvalue weighted by atomic mass is 19.4. The number of nitriles is 1. The second-order valence-electron chi connectivity index (χ2n) is 7.31. The number of benzene rings is 1. The predicted octanol–water partition coefficient (Wildman–Crippen LogP) is 4.76. The second kappa shape index (κ2) is 10.3. The predicted molar refractivity (Wildman–Crippen MR) is 115 cm³/mol. The Balaban J connectivity index is 1.74. The van der Waals surface area contributed by atoms with E-state index in [1.807, 2.05) is 0 Å². The first-order valence-corrected chi connectivity index (χ1v) is 10.2. The van der Waals surface area contributed by atoms with Crippen LogP contribution in [0, 0.1) is 17.1 Å². The van der Waals surface area contributed by atoms with Gasteiger partial charge in [0.1, 0.15) is 5.82 Å². The van der Waals surface area contributed by atoms with Crippen molar-refractivity contribution in [2.45, 2.75) is 32.4 Å². The number of carbonyl (C=O) groups excluding carboxylic acids is 2. The molecule has 0 unspecified atom stereocenters. The van der Waals surface area contributed by atoms with Gasteiger partial charge in [-0.3, -0.25) is 14.6 Å². The van der Waals surface area contributed by atoms with E-state index in [1.165, 1.54) is 18.2 Å². The Morgan fingerprint density at radius 3 is 2.71 bits per heavy atom. The van der Waals surface area contributed by atoms with Crippen molar-refractivity contribution in [3.63, 3.8) is 0 Å². The zero-order chi connectivity index (χ0) is 24.9. The second-order valence-corrected chi connectivity index (χ2v) is 7.31. The maximum Gasteiger partial charge on any atom is 0.418 e. The van der Waals surface area contributed by atoms with Crippen LogP contribution in [-0.2, 0) is 33.3 Å². The number of aromatic nitrogens is 1. The highest BCUT2D eigenvalue weighted by molar-refractivity contribution is 6.01. The van der Waals surface area contributed by atoms with Crippen LogP contribution in [0.15, 0.2) is 48.4 Å². The molecular formula is C24H19F4N3O3. The van der Waals surface area contributed by atoms with Crippen molar-refractivity contribution in [1.82, 2.24) is 4.98 Å². The third kappa shape index (κ3) is 5.86. The van der Waals surface area contributed by atoms with Gasteiger partial charge in [0, 0.05) is 6.42 Å². The Labute approximate surface area is 192 Å². The fraction of sp³-hybridized carbons (Fsp3) is 0.250. The zero-order valence-electron chi connectivity index (χ0n) is 18.0. The van der Waals surface area contributed by atoms with Gasteiger partial charge in [0.15, 0.2) is 5.76 Å². The fourth-order valence-electron chi connectivity index (χ4n) is 3.33. The summed E-state index contributed by atoms with van der Waals surface area (Å²) in [6.45, 7) is 2.06. The molecule has 0 aliphatic heterocycles. The molecule has 1 heterocycles. The van der Waals surface area contributed by atoms with Gasteiger partial charge in [0.2, 0.25) is 11.7 Å². The number of rotatable bonds is 7. The van der Waals surface area contributed by atoms with Gasteiger partial charge in [-0.25, -0.2) is 4.39 Å². The standard InChI is InChI=1S/C24H19F4N3O3/c1-2-34-22-10-15(5-6-21(22)32)14-3-4-16(19(25)9-14)11-23(33)31-17-12-18(24(26,27)28)20(7-8-29)30-13-17/h3-5,9-10,12-13H,2,6-7,11H2,1H3,(H,31,33). The zero-order valence-corrected chi connectivity index (χ0v) is 18.0. The van der Waals surface area contributed by atoms with Gasteiger partial charge in [0.05, 0.1) is 48.7 Å². The molecule has 1 aromatic heterocycles. The molecule has 1 N–H and O–H groups in total. The molecule has 0 fully saturated rings. The summed E-state index contributed by atoms with van der Waals surface area (Å²) in [6.07, 6.45) is -1.41. The molecule has 10 heteroatoms. The number of amides is 1. The summed E-state index contributed by atoms with van der Waals surface area (Å²) in [7, 11) is 0. The van der Waals surface area contributed by atoms with Crippen LogP contribution in [0.1, 0.15) is 35.7 Å². The van der Waals surface area contributed by atoms with Crippen molar-refractivity contribution in [1.29, 1.82) is 5.26 Å². The summed E-state index contributed by atoms with van der Waals surface area (Å²) < 4.78 is 59.6. The van der Waals surface area contributed by atoms with E-state index in [1.54, 1.807) is 25.1 Å². The lowest BCUT2D eigenvalue weighted by molar-refractivity contribution is -0.138. The minimum absolute atomic E-state index is 0.0350. The van der Waals surface area contributed by atoms with Gasteiger partial charge in [0.25, 0.3) is 0 Å². The number of hydrogen-bond acceptors (Lipinski definition) is 5. The number of nitrogens with one attached hydrogen (secondary N) is 1. The summed E-state index contributed by atoms with van der Waals surface area (Å²) in [5.41, 5.74) is -0.676. The largest absolute Gasteiger partial charge is 0.490 e. The number of anilines is 1. The molecule has 0 saturated carbocycles. The van der Waals surface area contributed by atoms with Crippen molar-refractivity contribution >= 4 is 23.0 Å². The number of halogens is 4. The molecule has 1 amide bonds. The average Bonchev–Trinajstić information content (AvgIpc) is 2.77. The maximum absolute atomic E-state index is 14.7. The first-order chi connectivity index (χ1) is 16.1. The number of hydrogen-bond donors (Lipinski definition) is 1. The van der Waals surface area contributed by atoms with Crippen LogP contribution >= 0.6 is 0 Å². The highest BCUT2D eigenvalue weighted by Gasteiger charge is 2.34. The fourth-order valence-corrected chi connectivity index (χ4v) is 3.33. The maximum atomic E-state index is 14.7. The number of pyridine rings is 1. The minimum Gasteiger partial charge on any atom is -0.490 e. The van der Waals surface area contributed by atoms with Crippen LogP contribution in [-0.4, -0.2) is 23.3 Å². The molecule has 0 atom stereocenters. The summed E-state index contributed by atoms with van der Waals surface area (Å²) >= 11 is 0. The Kier molecular flexibility index (Phi) is 7.46. The topological polar surface area (TPSA) is 92.1 Å². The Bertz CT molecular complexity index is 1230. The number of carbonyl (C=O) groups is 2. The number of Topliss-reactive ketones (excluding diaryl/α,β-unsaturated/α-hetero) is 1. The van der Waals surface area contributed by atoms with Crippen molar-refractivity contribution in [2.24, 2.45) is 0 Å². The van der Waals surface area contributed by atoms with Crippen LogP contribution in [0.5, 0.6) is 0 Å². The van der Waals surface area contributed by atoms with Crippen LogP contribution in [0.3, 0.4) is 0 Å². The number of ether oxygens (including phenoxy) is 1. The number of allylic oxidation sites excluding steroid dienone is 4. The molecule has 1 aliphatic rings. The lowest BCUT2D eigenvalue weighted by atomic mass is 9.96. The van der Waals surface area contributed by atoms with E-state index >= 15 is 0 Å². The van der Waals surface area contributed by atoms with Gasteiger partial charge in [-0.15, -0.1) is 0 Å². The van der Waals surface area contributed by atoms with Crippen molar-refractivity contribution in [3.8, 4) is 6.07 Å². The Hall–Kier alpha value is -4.00. The molecule has 34 heavy (non-hydrogen) atoms. The van der Waals surface area contributed by atoms with Crippen molar-refractivity contribution in [2.75, 3.05) is 11.9 Å². The van der Waals surface area contributed by atoms with E-state index in [2.05, 4.69) is 10.3 Å². The van der Waals surface area contributed by atoms with Crippen molar-refractivity contribution < 1.29 is 31.9 Å². The first-order valence-electron chi connectivity index (χ1n) is 10.2. The molecular weight excluding hydrogens is 454 g/mol. The van der Waals surface area contributed by atoms with Crippen LogP contribution in [0.25, 0.3) is 5.57 Å². The van der Waals surface area contributed by atoms with E-state index in [0.717, 1.165) is 6.20 Å². The normalized spacial score (nSPS) is 13.6. The molecule has 1 aromatic carbocycles. The van der Waals surface area contributed by atoms with E-state index < -0.39 is 42.0 Å². The van der Waals surface area contributed by atoms with Gasteiger partial charge >= 0.3 is 6.18 Å². The third-order valence-electron chi connectivity index (χ3n) is 4.91. The van der Waals surface area contributed by atoms with Crippen LogP contribution in [0.4, 0.5) is 23.2 Å². The number of ketones is 1. The first kappa shape index (κ1) is 24.6. The Morgan fingerprint density at radius 2 is 2.06 bits per heavy atom. The monoisotopic (exact) mass is 473 g/mol. The molecule has 0 radical (unpaired) electrons. The van der Waals surface area contributed by atoms with Gasteiger partial charge in [-0.2, -0.15) is 18.4 Å². The summed E-state index contributed by atoms with van der Waals surface area (Å²) in [5, 5.41) is 11.0. The minimum atomic E-state index is -4.75. The molecule has 0 bridgehead atoms. The Morgan fingerprint density at radius 1 is 1.29 bits per heavy atom. The highest BCUT2D eigenvalue weighted by Crippen LogP contribution is 2.33. The molecule has 0 spiro atoms. The molecule has 2 aromatic rings. The average molecular weight is 473 g/mol. The molecule has 1 aliphatic carbocycles. The summed E-state index contributed by atoms with van der Waals surface area (Å²) in [5.74, 6) is -1.41. The molecule has 176 valence electrons. The number of alkyl halides is 3. The molecule has 6 nitrogen and oxygen atoms in total.